The number of H-pyrrole nitrogens is 1. The van der Waals surface area contributed by atoms with Gasteiger partial charge in [-0.1, -0.05) is 0 Å². The quantitative estimate of drug-likeness (QED) is 0.726. The second kappa shape index (κ2) is 4.29. The number of hydrogen-bond acceptors (Lipinski definition) is 3. The lowest BCUT2D eigenvalue weighted by Crippen LogP contribution is -1.98. The molecule has 0 aliphatic carbocycles. The minimum atomic E-state index is -0.268. The molecule has 0 atom stereocenters. The van der Waals surface area contributed by atoms with Gasteiger partial charge < -0.3 is 9.55 Å². The molecule has 3 nitrogen and oxygen atoms in total. The molecule has 3 aromatic rings. The molecular formula is C12H10FN3S2. The van der Waals surface area contributed by atoms with Gasteiger partial charge in [0.25, 0.3) is 0 Å². The van der Waals surface area contributed by atoms with Gasteiger partial charge in [0, 0.05) is 11.1 Å². The predicted octanol–water partition coefficient (Wildman–Crippen LogP) is 3.65. The van der Waals surface area contributed by atoms with Crippen LogP contribution in [-0.4, -0.2) is 14.5 Å². The van der Waals surface area contributed by atoms with Crippen molar-refractivity contribution in [2.24, 2.45) is 0 Å². The fraction of sp³-hybridized carbons (Fsp3) is 0.167. The number of fused-ring (bicyclic) bond motifs is 1. The molecule has 0 saturated carbocycles. The van der Waals surface area contributed by atoms with E-state index in [0.717, 1.165) is 10.5 Å². The highest BCUT2D eigenvalue weighted by Crippen LogP contribution is 2.19. The first-order valence-electron chi connectivity index (χ1n) is 5.43. The number of nitrogens with one attached hydrogen (secondary N) is 1. The molecule has 18 heavy (non-hydrogen) atoms. The average molecular weight is 279 g/mol. The van der Waals surface area contributed by atoms with Crippen LogP contribution >= 0.6 is 23.6 Å². The van der Waals surface area contributed by atoms with Crippen LogP contribution < -0.4 is 0 Å². The van der Waals surface area contributed by atoms with E-state index in [1.165, 1.54) is 17.0 Å². The Morgan fingerprint density at radius 2 is 2.33 bits per heavy atom. The summed E-state index contributed by atoms with van der Waals surface area (Å²) in [5.41, 5.74) is 1.61. The number of thiazole rings is 1. The average Bonchev–Trinajstić information content (AvgIpc) is 2.84. The van der Waals surface area contributed by atoms with E-state index in [1.807, 2.05) is 17.7 Å². The fourth-order valence-electron chi connectivity index (χ4n) is 1.90. The zero-order chi connectivity index (χ0) is 12.7. The summed E-state index contributed by atoms with van der Waals surface area (Å²) in [7, 11) is 0. The van der Waals surface area contributed by atoms with Crippen molar-refractivity contribution in [3.05, 3.63) is 44.9 Å². The van der Waals surface area contributed by atoms with Crippen molar-refractivity contribution in [3.8, 4) is 0 Å². The van der Waals surface area contributed by atoms with E-state index >= 15 is 0 Å². The number of halogens is 1. The van der Waals surface area contributed by atoms with Crippen molar-refractivity contribution in [1.29, 1.82) is 0 Å². The Labute approximate surface area is 112 Å². The van der Waals surface area contributed by atoms with Crippen molar-refractivity contribution in [1.82, 2.24) is 14.5 Å². The van der Waals surface area contributed by atoms with Crippen LogP contribution in [0, 0.1) is 17.5 Å². The summed E-state index contributed by atoms with van der Waals surface area (Å²) < 4.78 is 15.7. The highest BCUT2D eigenvalue weighted by Gasteiger charge is 2.07. The van der Waals surface area contributed by atoms with Crippen LogP contribution in [0.1, 0.15) is 9.88 Å². The second-order valence-corrected chi connectivity index (χ2v) is 5.75. The van der Waals surface area contributed by atoms with Gasteiger partial charge in [-0.25, -0.2) is 9.37 Å². The van der Waals surface area contributed by atoms with Crippen LogP contribution in [0.3, 0.4) is 0 Å². The molecule has 1 N–H and O–H groups in total. The lowest BCUT2D eigenvalue weighted by Gasteiger charge is -2.01. The topological polar surface area (TPSA) is 33.6 Å². The zero-order valence-electron chi connectivity index (χ0n) is 9.61. The molecule has 6 heteroatoms. The van der Waals surface area contributed by atoms with E-state index in [2.05, 4.69) is 9.97 Å². The number of rotatable bonds is 2. The van der Waals surface area contributed by atoms with Crippen molar-refractivity contribution in [3.63, 3.8) is 0 Å². The van der Waals surface area contributed by atoms with Crippen molar-refractivity contribution in [2.45, 2.75) is 13.5 Å². The maximum absolute atomic E-state index is 13.1. The largest absolute Gasteiger partial charge is 0.330 e. The van der Waals surface area contributed by atoms with Crippen molar-refractivity contribution >= 4 is 34.6 Å². The first kappa shape index (κ1) is 11.6. The number of benzene rings is 1. The molecule has 1 aromatic carbocycles. The summed E-state index contributed by atoms with van der Waals surface area (Å²) in [6, 6.07) is 4.63. The Morgan fingerprint density at radius 1 is 1.50 bits per heavy atom. The molecule has 2 aromatic heterocycles. The Bertz CT molecular complexity index is 769. The molecule has 0 bridgehead atoms. The van der Waals surface area contributed by atoms with E-state index in [4.69, 9.17) is 12.2 Å². The normalized spacial score (nSPS) is 11.2. The summed E-state index contributed by atoms with van der Waals surface area (Å²) >= 11 is 6.90. The molecule has 3 rings (SSSR count). The molecule has 0 spiro atoms. The van der Waals surface area contributed by atoms with E-state index in [-0.39, 0.29) is 5.82 Å². The van der Waals surface area contributed by atoms with Crippen molar-refractivity contribution < 1.29 is 4.39 Å². The number of imidazole rings is 1. The third-order valence-corrected chi connectivity index (χ3v) is 3.92. The van der Waals surface area contributed by atoms with E-state index in [9.17, 15) is 4.39 Å². The molecule has 92 valence electrons. The summed E-state index contributed by atoms with van der Waals surface area (Å²) in [6.45, 7) is 2.63. The Balaban J connectivity index is 2.11. The van der Waals surface area contributed by atoms with Gasteiger partial charge in [0.1, 0.15) is 10.8 Å². The fourth-order valence-corrected chi connectivity index (χ4v) is 2.95. The number of aromatic nitrogens is 3. The number of aryl methyl sites for hydroxylation is 1. The minimum absolute atomic E-state index is 0.268. The SMILES string of the molecule is Cc1cnc(Cn2c(=S)[nH]c3cc(F)ccc32)s1. The van der Waals surface area contributed by atoms with Gasteiger partial charge in [0.05, 0.1) is 17.6 Å². The summed E-state index contributed by atoms with van der Waals surface area (Å²) in [4.78, 5) is 8.50. The molecule has 0 fully saturated rings. The molecule has 0 aliphatic rings. The van der Waals surface area contributed by atoms with E-state index in [1.54, 1.807) is 17.4 Å². The highest BCUT2D eigenvalue weighted by atomic mass is 32.1. The van der Waals surface area contributed by atoms with Crippen LogP contribution in [0.4, 0.5) is 4.39 Å². The Kier molecular flexibility index (Phi) is 2.76. The number of aromatic amines is 1. The molecule has 2 heterocycles. The third kappa shape index (κ3) is 1.97. The maximum atomic E-state index is 13.1. The van der Waals surface area contributed by atoms with Crippen molar-refractivity contribution in [2.75, 3.05) is 0 Å². The first-order valence-corrected chi connectivity index (χ1v) is 6.65. The zero-order valence-corrected chi connectivity index (χ0v) is 11.2. The molecule has 0 unspecified atom stereocenters. The smallest absolute Gasteiger partial charge is 0.178 e. The molecule has 0 aliphatic heterocycles. The third-order valence-electron chi connectivity index (χ3n) is 2.70. The molecule has 0 amide bonds. The second-order valence-electron chi connectivity index (χ2n) is 4.04. The predicted molar refractivity (Wildman–Crippen MR) is 73.0 cm³/mol. The lowest BCUT2D eigenvalue weighted by molar-refractivity contribution is 0.629. The molecule has 0 saturated heterocycles. The van der Waals surface area contributed by atoms with Gasteiger partial charge >= 0.3 is 0 Å². The van der Waals surface area contributed by atoms with E-state index in [0.29, 0.717) is 16.8 Å². The highest BCUT2D eigenvalue weighted by molar-refractivity contribution is 7.71. The summed E-state index contributed by atoms with van der Waals surface area (Å²) in [6.07, 6.45) is 1.85. The van der Waals surface area contributed by atoms with Gasteiger partial charge in [-0.05, 0) is 37.3 Å². The minimum Gasteiger partial charge on any atom is -0.330 e. The molecular weight excluding hydrogens is 269 g/mol. The number of hydrogen-bond donors (Lipinski definition) is 1. The van der Waals surface area contributed by atoms with Gasteiger partial charge in [0.15, 0.2) is 4.77 Å². The van der Waals surface area contributed by atoms with Crippen LogP contribution in [0.2, 0.25) is 0 Å². The monoisotopic (exact) mass is 279 g/mol. The lowest BCUT2D eigenvalue weighted by atomic mass is 10.3. The van der Waals surface area contributed by atoms with Gasteiger partial charge in [0.2, 0.25) is 0 Å². The summed E-state index contributed by atoms with van der Waals surface area (Å²) in [5, 5.41) is 0.994. The van der Waals surface area contributed by atoms with Gasteiger partial charge in [-0.3, -0.25) is 0 Å². The number of nitrogens with zero attached hydrogens (tertiary/aromatic N) is 2. The van der Waals surface area contributed by atoms with Gasteiger partial charge in [-0.15, -0.1) is 11.3 Å². The Hall–Kier alpha value is -1.53. The van der Waals surface area contributed by atoms with Crippen LogP contribution in [0.25, 0.3) is 11.0 Å². The van der Waals surface area contributed by atoms with E-state index < -0.39 is 0 Å². The standard InChI is InChI=1S/C12H10FN3S2/c1-7-5-14-11(18-7)6-16-10-3-2-8(13)4-9(10)15-12(16)17/h2-5H,6H2,1H3,(H,15,17). The molecule has 0 radical (unpaired) electrons. The van der Waals surface area contributed by atoms with Crippen LogP contribution in [0.5, 0.6) is 0 Å². The summed E-state index contributed by atoms with van der Waals surface area (Å²) in [5.74, 6) is -0.268. The Morgan fingerprint density at radius 3 is 3.06 bits per heavy atom. The van der Waals surface area contributed by atoms with Crippen LogP contribution in [-0.2, 0) is 6.54 Å². The first-order chi connectivity index (χ1) is 8.63. The van der Waals surface area contributed by atoms with Gasteiger partial charge in [-0.2, -0.15) is 0 Å². The van der Waals surface area contributed by atoms with Crippen LogP contribution in [0.15, 0.2) is 24.4 Å². The maximum Gasteiger partial charge on any atom is 0.178 e.